The van der Waals surface area contributed by atoms with Gasteiger partial charge in [-0.1, -0.05) is 0 Å². The van der Waals surface area contributed by atoms with Crippen molar-refractivity contribution in [2.75, 3.05) is 0 Å². The lowest BCUT2D eigenvalue weighted by Crippen LogP contribution is -2.78. The molecule has 39 heteroatoms. The van der Waals surface area contributed by atoms with Crippen LogP contribution in [0.5, 0.6) is 0 Å². The zero-order valence-corrected chi connectivity index (χ0v) is 26.9. The zero-order chi connectivity index (χ0) is 50.9. The number of hydrogen-bond donors (Lipinski definition) is 0. The third-order valence-electron chi connectivity index (χ3n) is 7.85. The Balaban J connectivity index is 7.45. The Morgan fingerprint density at radius 3 is 0.492 bits per heavy atom. The third-order valence-corrected chi connectivity index (χ3v) is 7.85. The van der Waals surface area contributed by atoms with E-state index in [1.54, 1.807) is 0 Å². The standard InChI is InChI=1S/C22H8F38O/c1-3(5(23,24)9(29,30)13(37,38)17(45,46)15(41,42)11(33,34)7(27,19(49,50)51)20(52,53)54)61-4(2)6(25,26)10(31,32)14(39,40)18(47,48)16(43,44)12(35,36)8(28,21(55,56)57)22(58,59)60/h3-4H,1-2H3. The Morgan fingerprint density at radius 1 is 0.213 bits per heavy atom. The Labute approximate surface area is 306 Å². The lowest BCUT2D eigenvalue weighted by molar-refractivity contribution is -0.476. The molecule has 0 aromatic heterocycles. The summed E-state index contributed by atoms with van der Waals surface area (Å²) in [6, 6.07) is 0. The van der Waals surface area contributed by atoms with Gasteiger partial charge in [-0.3, -0.25) is 0 Å². The molecule has 2 atom stereocenters. The van der Waals surface area contributed by atoms with Gasteiger partial charge in [0.15, 0.2) is 0 Å². The summed E-state index contributed by atoms with van der Waals surface area (Å²) < 4.78 is 516. The molecule has 2 unspecified atom stereocenters. The summed E-state index contributed by atoms with van der Waals surface area (Å²) in [7, 11) is 0. The normalized spacial score (nSPS) is 18.1. The molecule has 61 heavy (non-hydrogen) atoms. The molecule has 0 aromatic rings. The molecule has 1 nitrogen and oxygen atoms in total. The fourth-order valence-electron chi connectivity index (χ4n) is 4.06. The lowest BCUT2D eigenvalue weighted by atomic mass is 9.83. The summed E-state index contributed by atoms with van der Waals surface area (Å²) >= 11 is 0. The number of hydrogen-bond acceptors (Lipinski definition) is 1. The van der Waals surface area contributed by atoms with E-state index in [1.165, 1.54) is 0 Å². The van der Waals surface area contributed by atoms with Gasteiger partial charge in [0, 0.05) is 0 Å². The monoisotopic (exact) mass is 1010 g/mol. The van der Waals surface area contributed by atoms with Crippen molar-refractivity contribution in [1.29, 1.82) is 0 Å². The minimum absolute atomic E-state index is 1.50. The van der Waals surface area contributed by atoms with E-state index in [-0.39, 0.29) is 0 Å². The van der Waals surface area contributed by atoms with Crippen LogP contribution in [0.3, 0.4) is 0 Å². The van der Waals surface area contributed by atoms with Crippen molar-refractivity contribution in [3.63, 3.8) is 0 Å². The summed E-state index contributed by atoms with van der Waals surface area (Å²) in [5, 5.41) is 0. The first-order chi connectivity index (χ1) is 25.5. The van der Waals surface area contributed by atoms with E-state index in [0.29, 0.717) is 0 Å². The average Bonchev–Trinajstić information content (AvgIpc) is 3.00. The molecule has 0 amide bonds. The first kappa shape index (κ1) is 58.3. The van der Waals surface area contributed by atoms with Crippen molar-refractivity contribution in [3.05, 3.63) is 0 Å². The van der Waals surface area contributed by atoms with Gasteiger partial charge < -0.3 is 4.74 Å². The third kappa shape index (κ3) is 7.08. The molecule has 0 fully saturated rings. The number of halogens is 38. The van der Waals surface area contributed by atoms with Crippen LogP contribution >= 0.6 is 0 Å². The molecule has 0 saturated carbocycles. The van der Waals surface area contributed by atoms with Crippen molar-refractivity contribution in [2.45, 2.75) is 133 Å². The van der Waals surface area contributed by atoms with Crippen LogP contribution < -0.4 is 0 Å². The number of ether oxygens (including phenoxy) is 1. The Morgan fingerprint density at radius 2 is 0.344 bits per heavy atom. The Bertz CT molecular complexity index is 1410. The molecule has 0 heterocycles. The highest BCUT2D eigenvalue weighted by Gasteiger charge is 3.00. The quantitative estimate of drug-likeness (QED) is 0.140. The summed E-state index contributed by atoms with van der Waals surface area (Å²) in [4.78, 5) is 0. The molecule has 0 aliphatic heterocycles. The van der Waals surface area contributed by atoms with Gasteiger partial charge in [0.05, 0.1) is 0 Å². The van der Waals surface area contributed by atoms with Gasteiger partial charge in [-0.05, 0) is 13.8 Å². The highest BCUT2D eigenvalue weighted by Crippen LogP contribution is 2.69. The fraction of sp³-hybridized carbons (Fsp3) is 1.00. The number of alkyl halides is 38. The van der Waals surface area contributed by atoms with Gasteiger partial charge in [-0.2, -0.15) is 158 Å². The van der Waals surface area contributed by atoms with E-state index in [0.717, 1.165) is 0 Å². The maximum Gasteiger partial charge on any atom is 0.438 e. The molecule has 0 aliphatic carbocycles. The second-order valence-electron chi connectivity index (χ2n) is 11.7. The molecule has 368 valence electrons. The molecule has 0 N–H and O–H groups in total. The Kier molecular flexibility index (Phi) is 13.8. The van der Waals surface area contributed by atoms with Crippen LogP contribution in [0.25, 0.3) is 0 Å². The van der Waals surface area contributed by atoms with Crippen LogP contribution in [0.1, 0.15) is 13.8 Å². The molecule has 0 saturated heterocycles. The van der Waals surface area contributed by atoms with Crippen LogP contribution in [0.2, 0.25) is 0 Å². The van der Waals surface area contributed by atoms with Crippen molar-refractivity contribution >= 4 is 0 Å². The fourth-order valence-corrected chi connectivity index (χ4v) is 4.06. The predicted octanol–water partition coefficient (Wildman–Crippen LogP) is 13.1. The van der Waals surface area contributed by atoms with Gasteiger partial charge in [0.2, 0.25) is 0 Å². The molecule has 0 bridgehead atoms. The van der Waals surface area contributed by atoms with Gasteiger partial charge >= 0.3 is 107 Å². The van der Waals surface area contributed by atoms with Crippen LogP contribution in [-0.4, -0.2) is 119 Å². The molecule has 0 spiro atoms. The first-order valence-electron chi connectivity index (χ1n) is 13.4. The highest BCUT2D eigenvalue weighted by atomic mass is 19.5. The van der Waals surface area contributed by atoms with E-state index in [2.05, 4.69) is 4.74 Å². The highest BCUT2D eigenvalue weighted by molar-refractivity contribution is 5.21. The lowest BCUT2D eigenvalue weighted by Gasteiger charge is -2.46. The van der Waals surface area contributed by atoms with Crippen LogP contribution in [-0.2, 0) is 4.74 Å². The molecular weight excluding hydrogens is 1000 g/mol. The second-order valence-corrected chi connectivity index (χ2v) is 11.7. The molecule has 0 radical (unpaired) electrons. The van der Waals surface area contributed by atoms with Gasteiger partial charge in [-0.15, -0.1) is 0 Å². The Hall–Kier alpha value is -2.70. The van der Waals surface area contributed by atoms with E-state index < -0.39 is 133 Å². The number of rotatable bonds is 16. The average molecular weight is 1010 g/mol. The maximum absolute atomic E-state index is 14.3. The van der Waals surface area contributed by atoms with E-state index >= 15 is 0 Å². The second kappa shape index (κ2) is 14.4. The van der Waals surface area contributed by atoms with E-state index in [9.17, 15) is 167 Å². The first-order valence-corrected chi connectivity index (χ1v) is 13.4. The van der Waals surface area contributed by atoms with Crippen molar-refractivity contribution in [1.82, 2.24) is 0 Å². The summed E-state index contributed by atoms with van der Waals surface area (Å²) in [6.45, 7) is -3.01. The van der Waals surface area contributed by atoms with E-state index in [4.69, 9.17) is 0 Å². The van der Waals surface area contributed by atoms with Gasteiger partial charge in [-0.25, -0.2) is 8.78 Å². The summed E-state index contributed by atoms with van der Waals surface area (Å²) in [5.41, 5.74) is -18.5. The van der Waals surface area contributed by atoms with Gasteiger partial charge in [0.1, 0.15) is 12.2 Å². The topological polar surface area (TPSA) is 9.23 Å². The predicted molar refractivity (Wildman–Crippen MR) is 111 cm³/mol. The van der Waals surface area contributed by atoms with Crippen molar-refractivity contribution in [2.24, 2.45) is 0 Å². The molecule has 0 aromatic carbocycles. The molecular formula is C22H8F38O. The summed E-state index contributed by atoms with van der Waals surface area (Å²) in [5.74, 6) is -112. The van der Waals surface area contributed by atoms with Gasteiger partial charge in [0.25, 0.3) is 0 Å². The van der Waals surface area contributed by atoms with E-state index in [1.807, 2.05) is 0 Å². The molecule has 0 aliphatic rings. The van der Waals surface area contributed by atoms with Crippen molar-refractivity contribution < 1.29 is 172 Å². The minimum atomic E-state index is -9.72. The SMILES string of the molecule is CC(OC(C)C(F)(F)C(F)(F)C(F)(F)C(F)(F)C(F)(F)C(F)(F)C(F)(C(F)(F)F)C(F)(F)F)C(F)(F)C(F)(F)C(F)(F)C(F)(F)C(F)(F)C(F)(F)C(F)(C(F)(F)F)C(F)(F)F. The van der Waals surface area contributed by atoms with Crippen LogP contribution in [0.4, 0.5) is 167 Å². The van der Waals surface area contributed by atoms with Crippen LogP contribution in [0, 0.1) is 0 Å². The maximum atomic E-state index is 14.3. The minimum Gasteiger partial charge on any atom is -0.363 e. The molecule has 0 rings (SSSR count). The van der Waals surface area contributed by atoms with Crippen LogP contribution in [0.15, 0.2) is 0 Å². The van der Waals surface area contributed by atoms with Crippen molar-refractivity contribution in [3.8, 4) is 0 Å². The smallest absolute Gasteiger partial charge is 0.363 e. The zero-order valence-electron chi connectivity index (χ0n) is 26.9. The summed E-state index contributed by atoms with van der Waals surface area (Å²) in [6.07, 6.45) is -46.1. The largest absolute Gasteiger partial charge is 0.438 e.